The van der Waals surface area contributed by atoms with E-state index in [1.165, 1.54) is 0 Å². The molecule has 4 heteroatoms. The van der Waals surface area contributed by atoms with Crippen LogP contribution in [0.3, 0.4) is 0 Å². The van der Waals surface area contributed by atoms with Crippen molar-refractivity contribution in [2.75, 3.05) is 18.9 Å². The second kappa shape index (κ2) is 6.64. The number of carbonyl (C=O) groups excluding carboxylic acids is 1. The molecule has 0 aliphatic carbocycles. The molecular formula is C13H25NO2S. The Balaban J connectivity index is 2.78. The van der Waals surface area contributed by atoms with Crippen molar-refractivity contribution < 1.29 is 9.90 Å². The smallest absolute Gasteiger partial charge is 0.238 e. The molecule has 17 heavy (non-hydrogen) atoms. The van der Waals surface area contributed by atoms with Crippen LogP contribution in [0.2, 0.25) is 0 Å². The minimum atomic E-state index is -0.252. The maximum absolute atomic E-state index is 12.6. The first kappa shape index (κ1) is 14.8. The Labute approximate surface area is 109 Å². The molecule has 1 rings (SSSR count). The molecule has 0 radical (unpaired) electrons. The number of hydrogen-bond donors (Lipinski definition) is 1. The Bertz CT molecular complexity index is 248. The molecule has 1 amide bonds. The van der Waals surface area contributed by atoms with Gasteiger partial charge in [-0.2, -0.15) is 0 Å². The number of carbonyl (C=O) groups is 1. The average molecular weight is 259 g/mol. The van der Waals surface area contributed by atoms with Crippen LogP contribution in [-0.4, -0.2) is 45.6 Å². The predicted octanol–water partition coefficient (Wildman–Crippen LogP) is 2.28. The van der Waals surface area contributed by atoms with Crippen LogP contribution >= 0.6 is 11.8 Å². The molecule has 100 valence electrons. The van der Waals surface area contributed by atoms with Gasteiger partial charge in [0, 0.05) is 12.6 Å². The van der Waals surface area contributed by atoms with E-state index in [9.17, 15) is 4.79 Å². The highest BCUT2D eigenvalue weighted by Crippen LogP contribution is 2.39. The van der Waals surface area contributed by atoms with Gasteiger partial charge in [-0.1, -0.05) is 13.8 Å². The third-order valence-electron chi connectivity index (χ3n) is 3.66. The Kier molecular flexibility index (Phi) is 5.80. The number of rotatable bonds is 6. The third kappa shape index (κ3) is 3.38. The Hall–Kier alpha value is -0.220. The molecule has 3 nitrogen and oxygen atoms in total. The number of aliphatic hydroxyl groups is 1. The average Bonchev–Trinajstić information content (AvgIpc) is 2.77. The van der Waals surface area contributed by atoms with Gasteiger partial charge >= 0.3 is 0 Å². The summed E-state index contributed by atoms with van der Waals surface area (Å²) in [7, 11) is 0. The molecule has 0 aromatic heterocycles. The van der Waals surface area contributed by atoms with E-state index in [1.807, 2.05) is 4.90 Å². The monoisotopic (exact) mass is 259 g/mol. The second-order valence-electron chi connectivity index (χ2n) is 4.88. The molecule has 1 unspecified atom stereocenters. The highest BCUT2D eigenvalue weighted by molar-refractivity contribution is 8.01. The van der Waals surface area contributed by atoms with E-state index in [0.717, 1.165) is 31.4 Å². The summed E-state index contributed by atoms with van der Waals surface area (Å²) in [6, 6.07) is 0.271. The summed E-state index contributed by atoms with van der Waals surface area (Å²) in [6.07, 6.45) is 4.02. The SMILES string of the molecule is CCC(CC)N(CCO)C(=O)C1(C)CCCS1. The van der Waals surface area contributed by atoms with Gasteiger partial charge < -0.3 is 10.0 Å². The molecule has 1 heterocycles. The van der Waals surface area contributed by atoms with Crippen LogP contribution in [0.5, 0.6) is 0 Å². The maximum Gasteiger partial charge on any atom is 0.238 e. The van der Waals surface area contributed by atoms with E-state index in [4.69, 9.17) is 5.11 Å². The van der Waals surface area contributed by atoms with Crippen molar-refractivity contribution >= 4 is 17.7 Å². The predicted molar refractivity (Wildman–Crippen MR) is 73.3 cm³/mol. The first-order valence-electron chi connectivity index (χ1n) is 6.65. The van der Waals surface area contributed by atoms with Crippen molar-refractivity contribution in [3.8, 4) is 0 Å². The minimum absolute atomic E-state index is 0.0585. The van der Waals surface area contributed by atoms with Crippen LogP contribution in [0.25, 0.3) is 0 Å². The summed E-state index contributed by atoms with van der Waals surface area (Å²) in [5.41, 5.74) is 0. The summed E-state index contributed by atoms with van der Waals surface area (Å²) >= 11 is 1.77. The quantitative estimate of drug-likeness (QED) is 0.795. The van der Waals surface area contributed by atoms with Crippen LogP contribution in [0.4, 0.5) is 0 Å². The van der Waals surface area contributed by atoms with Gasteiger partial charge in [-0.05, 0) is 38.4 Å². The van der Waals surface area contributed by atoms with Crippen LogP contribution in [-0.2, 0) is 4.79 Å². The number of aliphatic hydroxyl groups excluding tert-OH is 1. The van der Waals surface area contributed by atoms with Crippen molar-refractivity contribution in [3.63, 3.8) is 0 Å². The van der Waals surface area contributed by atoms with Crippen molar-refractivity contribution in [2.24, 2.45) is 0 Å². The van der Waals surface area contributed by atoms with E-state index in [1.54, 1.807) is 11.8 Å². The van der Waals surface area contributed by atoms with Gasteiger partial charge in [0.2, 0.25) is 5.91 Å². The van der Waals surface area contributed by atoms with Gasteiger partial charge in [-0.25, -0.2) is 0 Å². The fraction of sp³-hybridized carbons (Fsp3) is 0.923. The zero-order valence-corrected chi connectivity index (χ0v) is 12.1. The Morgan fingerprint density at radius 3 is 2.53 bits per heavy atom. The highest BCUT2D eigenvalue weighted by Gasteiger charge is 2.41. The molecule has 0 bridgehead atoms. The van der Waals surface area contributed by atoms with Crippen LogP contribution in [0.15, 0.2) is 0 Å². The largest absolute Gasteiger partial charge is 0.395 e. The molecule has 1 N–H and O–H groups in total. The van der Waals surface area contributed by atoms with E-state index in [-0.39, 0.29) is 23.3 Å². The normalized spacial score (nSPS) is 24.3. The summed E-state index contributed by atoms with van der Waals surface area (Å²) in [4.78, 5) is 14.5. The zero-order chi connectivity index (χ0) is 12.9. The molecule has 1 fully saturated rings. The van der Waals surface area contributed by atoms with Gasteiger partial charge in [-0.15, -0.1) is 11.8 Å². The highest BCUT2D eigenvalue weighted by atomic mass is 32.2. The standard InChI is InChI=1S/C13H25NO2S/c1-4-11(5-2)14(8-9-15)12(16)13(3)7-6-10-17-13/h11,15H,4-10H2,1-3H3. The molecule has 0 aromatic carbocycles. The summed E-state index contributed by atoms with van der Waals surface area (Å²) in [6.45, 7) is 6.80. The Morgan fingerprint density at radius 2 is 2.12 bits per heavy atom. The van der Waals surface area contributed by atoms with Crippen LogP contribution < -0.4 is 0 Å². The Morgan fingerprint density at radius 1 is 1.47 bits per heavy atom. The van der Waals surface area contributed by atoms with Crippen LogP contribution in [0.1, 0.15) is 46.5 Å². The lowest BCUT2D eigenvalue weighted by atomic mass is 10.0. The number of thioether (sulfide) groups is 1. The lowest BCUT2D eigenvalue weighted by molar-refractivity contribution is -0.136. The van der Waals surface area contributed by atoms with Crippen molar-refractivity contribution in [1.29, 1.82) is 0 Å². The van der Waals surface area contributed by atoms with Gasteiger partial charge in [0.15, 0.2) is 0 Å². The fourth-order valence-electron chi connectivity index (χ4n) is 2.54. The van der Waals surface area contributed by atoms with Crippen molar-refractivity contribution in [3.05, 3.63) is 0 Å². The van der Waals surface area contributed by atoms with Gasteiger partial charge in [-0.3, -0.25) is 4.79 Å². The van der Waals surface area contributed by atoms with Gasteiger partial charge in [0.25, 0.3) is 0 Å². The minimum Gasteiger partial charge on any atom is -0.395 e. The second-order valence-corrected chi connectivity index (χ2v) is 6.47. The summed E-state index contributed by atoms with van der Waals surface area (Å²) < 4.78 is -0.252. The molecule has 0 aromatic rings. The summed E-state index contributed by atoms with van der Waals surface area (Å²) in [5, 5.41) is 9.15. The van der Waals surface area contributed by atoms with Crippen molar-refractivity contribution in [2.45, 2.75) is 57.2 Å². The fourth-order valence-corrected chi connectivity index (χ4v) is 3.81. The summed E-state index contributed by atoms with van der Waals surface area (Å²) in [5.74, 6) is 1.31. The molecule has 0 spiro atoms. The topological polar surface area (TPSA) is 40.5 Å². The first-order chi connectivity index (χ1) is 8.09. The van der Waals surface area contributed by atoms with Gasteiger partial charge in [0.05, 0.1) is 11.4 Å². The third-order valence-corrected chi connectivity index (χ3v) is 5.16. The maximum atomic E-state index is 12.6. The van der Waals surface area contributed by atoms with E-state index in [2.05, 4.69) is 20.8 Å². The molecule has 0 saturated carbocycles. The van der Waals surface area contributed by atoms with Gasteiger partial charge in [0.1, 0.15) is 0 Å². The molecule has 1 aliphatic heterocycles. The number of amides is 1. The van der Waals surface area contributed by atoms with E-state index >= 15 is 0 Å². The van der Waals surface area contributed by atoms with Crippen LogP contribution in [0, 0.1) is 0 Å². The number of hydrogen-bond acceptors (Lipinski definition) is 3. The van der Waals surface area contributed by atoms with E-state index in [0.29, 0.717) is 6.54 Å². The zero-order valence-electron chi connectivity index (χ0n) is 11.2. The van der Waals surface area contributed by atoms with E-state index < -0.39 is 0 Å². The molecule has 1 aliphatic rings. The molecular weight excluding hydrogens is 234 g/mol. The van der Waals surface area contributed by atoms with Crippen molar-refractivity contribution in [1.82, 2.24) is 4.90 Å². The number of nitrogens with zero attached hydrogens (tertiary/aromatic N) is 1. The first-order valence-corrected chi connectivity index (χ1v) is 7.63. The molecule has 1 saturated heterocycles. The lowest BCUT2D eigenvalue weighted by Crippen LogP contribution is -2.49. The lowest BCUT2D eigenvalue weighted by Gasteiger charge is -2.36. The molecule has 1 atom stereocenters.